The SMILES string of the molecule is CN=CC1C[C@@H](N(C)C)CC[C@@H]1N/C=C(/C(N)=O)C(N)=Nc1ccnc(F)c1. The summed E-state index contributed by atoms with van der Waals surface area (Å²) in [7, 11) is 5.89. The van der Waals surface area contributed by atoms with Crippen molar-refractivity contribution in [2.24, 2.45) is 27.4 Å². The lowest BCUT2D eigenvalue weighted by Gasteiger charge is -2.37. The molecule has 8 nitrogen and oxygen atoms in total. The van der Waals surface area contributed by atoms with Gasteiger partial charge in [-0.15, -0.1) is 0 Å². The minimum absolute atomic E-state index is 0.0409. The maximum atomic E-state index is 13.2. The summed E-state index contributed by atoms with van der Waals surface area (Å²) in [6.07, 6.45) is 7.60. The molecule has 0 saturated heterocycles. The Morgan fingerprint density at radius 1 is 1.39 bits per heavy atom. The van der Waals surface area contributed by atoms with E-state index in [1.54, 1.807) is 7.05 Å². The molecule has 0 aliphatic heterocycles. The van der Waals surface area contributed by atoms with E-state index in [1.165, 1.54) is 18.5 Å². The van der Waals surface area contributed by atoms with Gasteiger partial charge in [-0.1, -0.05) is 0 Å². The van der Waals surface area contributed by atoms with Gasteiger partial charge in [0.25, 0.3) is 5.91 Å². The molecule has 0 radical (unpaired) electrons. The van der Waals surface area contributed by atoms with Crippen molar-refractivity contribution in [3.05, 3.63) is 36.1 Å². The monoisotopic (exact) mass is 389 g/mol. The number of carbonyl (C=O) groups excluding carboxylic acids is 1. The molecule has 0 aromatic carbocycles. The summed E-state index contributed by atoms with van der Waals surface area (Å²) >= 11 is 0. The largest absolute Gasteiger partial charge is 0.387 e. The Morgan fingerprint density at radius 2 is 2.14 bits per heavy atom. The van der Waals surface area contributed by atoms with Crippen LogP contribution in [0.15, 0.2) is 40.1 Å². The van der Waals surface area contributed by atoms with Crippen molar-refractivity contribution >= 4 is 23.6 Å². The normalized spacial score (nSPS) is 24.0. The fourth-order valence-electron chi connectivity index (χ4n) is 3.34. The van der Waals surface area contributed by atoms with Crippen molar-refractivity contribution in [2.45, 2.75) is 31.3 Å². The van der Waals surface area contributed by atoms with Gasteiger partial charge in [-0.05, 0) is 39.4 Å². The zero-order valence-corrected chi connectivity index (χ0v) is 16.5. The van der Waals surface area contributed by atoms with E-state index in [-0.39, 0.29) is 29.1 Å². The summed E-state index contributed by atoms with van der Waals surface area (Å²) in [4.78, 5) is 25.8. The van der Waals surface area contributed by atoms with Crippen molar-refractivity contribution in [3.8, 4) is 0 Å². The second-order valence-electron chi connectivity index (χ2n) is 7.03. The number of pyridine rings is 1. The van der Waals surface area contributed by atoms with Gasteiger partial charge in [0.1, 0.15) is 5.84 Å². The molecule has 1 aliphatic rings. The van der Waals surface area contributed by atoms with Gasteiger partial charge >= 0.3 is 0 Å². The highest BCUT2D eigenvalue weighted by molar-refractivity contribution is 6.20. The number of amidine groups is 1. The molecule has 1 amide bonds. The lowest BCUT2D eigenvalue weighted by Crippen LogP contribution is -2.45. The fourth-order valence-corrected chi connectivity index (χ4v) is 3.34. The van der Waals surface area contributed by atoms with Crippen molar-refractivity contribution in [2.75, 3.05) is 21.1 Å². The minimum atomic E-state index is -0.717. The smallest absolute Gasteiger partial charge is 0.253 e. The van der Waals surface area contributed by atoms with Crippen LogP contribution in [0.1, 0.15) is 19.3 Å². The summed E-state index contributed by atoms with van der Waals surface area (Å²) in [6.45, 7) is 0. The average molecular weight is 389 g/mol. The maximum Gasteiger partial charge on any atom is 0.253 e. The van der Waals surface area contributed by atoms with Crippen molar-refractivity contribution < 1.29 is 9.18 Å². The third-order valence-corrected chi connectivity index (χ3v) is 4.89. The van der Waals surface area contributed by atoms with Crippen LogP contribution in [0, 0.1) is 11.9 Å². The molecule has 1 unspecified atom stereocenters. The van der Waals surface area contributed by atoms with Gasteiger partial charge < -0.3 is 26.7 Å². The van der Waals surface area contributed by atoms with Gasteiger partial charge in [0.05, 0.1) is 11.3 Å². The molecule has 1 saturated carbocycles. The zero-order valence-electron chi connectivity index (χ0n) is 16.5. The number of rotatable bonds is 7. The van der Waals surface area contributed by atoms with Crippen LogP contribution in [0.3, 0.4) is 0 Å². The molecule has 0 bridgehead atoms. The highest BCUT2D eigenvalue weighted by Gasteiger charge is 2.30. The minimum Gasteiger partial charge on any atom is -0.387 e. The first-order valence-electron chi connectivity index (χ1n) is 9.12. The summed E-state index contributed by atoms with van der Waals surface area (Å²) in [6, 6.07) is 3.18. The quantitative estimate of drug-likeness (QED) is 0.278. The highest BCUT2D eigenvalue weighted by atomic mass is 19.1. The molecule has 3 atom stereocenters. The predicted octanol–water partition coefficient (Wildman–Crippen LogP) is 0.968. The zero-order chi connectivity index (χ0) is 20.7. The van der Waals surface area contributed by atoms with Crippen molar-refractivity contribution in [1.29, 1.82) is 0 Å². The summed E-state index contributed by atoms with van der Waals surface area (Å²) in [5.74, 6) is -1.28. The first-order chi connectivity index (χ1) is 13.3. The lowest BCUT2D eigenvalue weighted by molar-refractivity contribution is -0.114. The lowest BCUT2D eigenvalue weighted by atomic mass is 9.81. The van der Waals surface area contributed by atoms with E-state index in [9.17, 15) is 9.18 Å². The number of primary amides is 1. The van der Waals surface area contributed by atoms with Crippen LogP contribution in [-0.4, -0.2) is 61.1 Å². The van der Waals surface area contributed by atoms with E-state index in [2.05, 4.69) is 39.3 Å². The maximum absolute atomic E-state index is 13.2. The van der Waals surface area contributed by atoms with E-state index >= 15 is 0 Å². The van der Waals surface area contributed by atoms with Crippen LogP contribution in [0.5, 0.6) is 0 Å². The Balaban J connectivity index is 2.18. The third-order valence-electron chi connectivity index (χ3n) is 4.89. The van der Waals surface area contributed by atoms with Gasteiger partial charge in [0.2, 0.25) is 5.95 Å². The molecule has 1 heterocycles. The predicted molar refractivity (Wildman–Crippen MR) is 109 cm³/mol. The van der Waals surface area contributed by atoms with Gasteiger partial charge in [-0.25, -0.2) is 9.98 Å². The molecular formula is C19H28FN7O. The molecular weight excluding hydrogens is 361 g/mol. The van der Waals surface area contributed by atoms with Gasteiger partial charge in [0, 0.05) is 49.7 Å². The van der Waals surface area contributed by atoms with E-state index in [0.717, 1.165) is 25.3 Å². The van der Waals surface area contributed by atoms with Gasteiger partial charge in [0.15, 0.2) is 0 Å². The second kappa shape index (κ2) is 9.93. The van der Waals surface area contributed by atoms with Crippen molar-refractivity contribution in [3.63, 3.8) is 0 Å². The van der Waals surface area contributed by atoms with Crippen LogP contribution in [0.2, 0.25) is 0 Å². The van der Waals surface area contributed by atoms with Gasteiger partial charge in [-0.3, -0.25) is 4.79 Å². The first-order valence-corrected chi connectivity index (χ1v) is 9.12. The molecule has 28 heavy (non-hydrogen) atoms. The number of nitrogens with zero attached hydrogens (tertiary/aromatic N) is 4. The number of amides is 1. The topological polar surface area (TPSA) is 122 Å². The summed E-state index contributed by atoms with van der Waals surface area (Å²) in [5, 5.41) is 3.26. The molecule has 9 heteroatoms. The molecule has 1 aromatic heterocycles. The first kappa shape index (κ1) is 21.5. The Labute approximate surface area is 164 Å². The van der Waals surface area contributed by atoms with E-state index in [0.29, 0.717) is 6.04 Å². The van der Waals surface area contributed by atoms with E-state index in [1.807, 2.05) is 6.21 Å². The molecule has 5 N–H and O–H groups in total. The Kier molecular flexibility index (Phi) is 7.62. The van der Waals surface area contributed by atoms with Crippen LogP contribution < -0.4 is 16.8 Å². The molecule has 0 spiro atoms. The number of hydrogen-bond donors (Lipinski definition) is 3. The van der Waals surface area contributed by atoms with Crippen LogP contribution in [0.25, 0.3) is 0 Å². The van der Waals surface area contributed by atoms with E-state index in [4.69, 9.17) is 11.5 Å². The summed E-state index contributed by atoms with van der Waals surface area (Å²) < 4.78 is 13.2. The molecule has 1 aliphatic carbocycles. The average Bonchev–Trinajstić information content (AvgIpc) is 2.62. The number of carbonyl (C=O) groups is 1. The number of nitrogens with one attached hydrogen (secondary N) is 1. The highest BCUT2D eigenvalue weighted by Crippen LogP contribution is 2.26. The number of halogens is 1. The second-order valence-corrected chi connectivity index (χ2v) is 7.03. The summed E-state index contributed by atoms with van der Waals surface area (Å²) in [5.41, 5.74) is 11.7. The van der Waals surface area contributed by atoms with E-state index < -0.39 is 11.9 Å². The number of nitrogens with two attached hydrogens (primary N) is 2. The molecule has 152 valence electrons. The van der Waals surface area contributed by atoms with Gasteiger partial charge in [-0.2, -0.15) is 4.39 Å². The fraction of sp³-hybridized carbons (Fsp3) is 0.474. The standard InChI is InChI=1S/C19H28FN7O/c1-23-10-12-8-14(27(2)3)4-5-16(12)25-11-15(19(22)28)18(21)26-13-6-7-24-17(20)9-13/h6-7,9-12,14,16,25H,4-5,8H2,1-3H3,(H2,22,28)(H2,21,24,26)/b15-11+,23-10?/t12?,14-,16-/m0/s1. The molecule has 1 fully saturated rings. The molecule has 2 rings (SSSR count). The van der Waals surface area contributed by atoms with Crippen molar-refractivity contribution in [1.82, 2.24) is 15.2 Å². The number of hydrogen-bond acceptors (Lipinski definition) is 6. The van der Waals surface area contributed by atoms with Crippen LogP contribution in [0.4, 0.5) is 10.1 Å². The third kappa shape index (κ3) is 5.85. The Morgan fingerprint density at radius 3 is 2.75 bits per heavy atom. The molecule has 1 aromatic rings. The Bertz CT molecular complexity index is 775. The number of aliphatic imine (C=N–C) groups is 2. The number of aromatic nitrogens is 1. The van der Waals surface area contributed by atoms with Crippen LogP contribution in [-0.2, 0) is 4.79 Å². The van der Waals surface area contributed by atoms with Crippen LogP contribution >= 0.6 is 0 Å². The Hall–Kier alpha value is -2.81.